The first-order valence-electron chi connectivity index (χ1n) is 11.2. The maximum Gasteiger partial charge on any atom is 0.290 e. The van der Waals surface area contributed by atoms with Gasteiger partial charge in [0.25, 0.3) is 12.4 Å². The fourth-order valence-corrected chi connectivity index (χ4v) is 4.76. The second kappa shape index (κ2) is 12.3. The quantitative estimate of drug-likeness (QED) is 0.247. The van der Waals surface area contributed by atoms with E-state index in [1.807, 2.05) is 48.7 Å². The second-order valence-corrected chi connectivity index (χ2v) is 8.67. The third-order valence-corrected chi connectivity index (χ3v) is 6.64. The van der Waals surface area contributed by atoms with E-state index in [0.29, 0.717) is 12.1 Å². The monoisotopic (exact) mass is 482 g/mol. The van der Waals surface area contributed by atoms with Gasteiger partial charge in [-0.3, -0.25) is 14.0 Å². The van der Waals surface area contributed by atoms with Gasteiger partial charge in [-0.1, -0.05) is 49.4 Å². The molecule has 2 aromatic heterocycles. The molecule has 180 valence electrons. The Morgan fingerprint density at radius 3 is 2.53 bits per heavy atom. The largest absolute Gasteiger partial charge is 0.483 e. The summed E-state index contributed by atoms with van der Waals surface area (Å²) >= 11 is 1.58. The third-order valence-electron chi connectivity index (χ3n) is 5.62. The number of aliphatic hydroxyl groups is 1. The number of carbonyl (C=O) groups is 2. The molecule has 4 rings (SSSR count). The molecule has 0 saturated carbocycles. The molecular weight excluding hydrogens is 452 g/mol. The molecule has 8 nitrogen and oxygen atoms in total. The number of carboxylic acid groups (broad SMARTS) is 1. The molecular formula is C25H30N4O4S. The van der Waals surface area contributed by atoms with Crippen molar-refractivity contribution in [2.45, 2.75) is 26.9 Å². The van der Waals surface area contributed by atoms with Crippen LogP contribution in [0.5, 0.6) is 0 Å². The number of thiazole rings is 1. The summed E-state index contributed by atoms with van der Waals surface area (Å²) in [7, 11) is 0. The van der Waals surface area contributed by atoms with Gasteiger partial charge in [0.1, 0.15) is 0 Å². The lowest BCUT2D eigenvalue weighted by Gasteiger charge is -2.17. The van der Waals surface area contributed by atoms with Crippen LogP contribution < -0.4 is 5.32 Å². The average Bonchev–Trinajstić information content (AvgIpc) is 3.42. The molecule has 0 aliphatic rings. The normalized spacial score (nSPS) is 10.9. The number of rotatable bonds is 9. The molecule has 3 N–H and O–H groups in total. The van der Waals surface area contributed by atoms with E-state index >= 15 is 0 Å². The van der Waals surface area contributed by atoms with Gasteiger partial charge in [-0.2, -0.15) is 0 Å². The zero-order chi connectivity index (χ0) is 24.5. The Morgan fingerprint density at radius 1 is 1.18 bits per heavy atom. The van der Waals surface area contributed by atoms with Crippen molar-refractivity contribution in [3.63, 3.8) is 0 Å². The molecule has 0 unspecified atom stereocenters. The lowest BCUT2D eigenvalue weighted by atomic mass is 10.1. The van der Waals surface area contributed by atoms with Crippen molar-refractivity contribution in [1.29, 1.82) is 0 Å². The Morgan fingerprint density at radius 2 is 1.88 bits per heavy atom. The first-order valence-corrected chi connectivity index (χ1v) is 12.1. The number of fused-ring (bicyclic) bond motifs is 3. The van der Waals surface area contributed by atoms with E-state index in [1.54, 1.807) is 11.3 Å². The Labute approximate surface area is 202 Å². The molecule has 0 atom stereocenters. The minimum absolute atomic E-state index is 0.0304. The van der Waals surface area contributed by atoms with Crippen molar-refractivity contribution in [3.05, 3.63) is 59.8 Å². The Bertz CT molecular complexity index is 1230. The minimum Gasteiger partial charge on any atom is -0.483 e. The lowest BCUT2D eigenvalue weighted by Crippen LogP contribution is -2.29. The van der Waals surface area contributed by atoms with Gasteiger partial charge < -0.3 is 20.4 Å². The smallest absolute Gasteiger partial charge is 0.290 e. The van der Waals surface area contributed by atoms with Gasteiger partial charge in [-0.05, 0) is 49.8 Å². The lowest BCUT2D eigenvalue weighted by molar-refractivity contribution is -0.122. The number of nitrogens with zero attached hydrogens (tertiary/aromatic N) is 3. The van der Waals surface area contributed by atoms with Gasteiger partial charge >= 0.3 is 0 Å². The molecule has 0 aliphatic carbocycles. The number of nitrogens with one attached hydrogen (secondary N) is 1. The van der Waals surface area contributed by atoms with E-state index < -0.39 is 0 Å². The highest BCUT2D eigenvalue weighted by Gasteiger charge is 2.13. The van der Waals surface area contributed by atoms with Crippen LogP contribution in [0.4, 0.5) is 0 Å². The minimum atomic E-state index is -0.250. The Kier molecular flexibility index (Phi) is 9.15. The number of benzene rings is 2. The highest BCUT2D eigenvalue weighted by molar-refractivity contribution is 7.23. The van der Waals surface area contributed by atoms with Crippen LogP contribution in [0.2, 0.25) is 0 Å². The van der Waals surface area contributed by atoms with Crippen LogP contribution in [0.15, 0.2) is 48.7 Å². The van der Waals surface area contributed by atoms with Crippen LogP contribution in [-0.4, -0.2) is 63.1 Å². The number of hydrogen-bond donors (Lipinski definition) is 3. The van der Waals surface area contributed by atoms with E-state index in [9.17, 15) is 9.90 Å². The highest BCUT2D eigenvalue weighted by atomic mass is 32.1. The predicted octanol–water partition coefficient (Wildman–Crippen LogP) is 3.87. The van der Waals surface area contributed by atoms with Crippen LogP contribution in [0.3, 0.4) is 0 Å². The summed E-state index contributed by atoms with van der Waals surface area (Å²) in [5, 5.41) is 19.1. The summed E-state index contributed by atoms with van der Waals surface area (Å²) in [6, 6.07) is 13.6. The SMILES string of the molecule is CCN(CC)CCCNC(=O)c1ccc2c(c1)sc1nc(-c3ccc(CO)cc3)cn12.O=CO. The van der Waals surface area contributed by atoms with Crippen molar-refractivity contribution in [3.8, 4) is 11.3 Å². The van der Waals surface area contributed by atoms with Crippen LogP contribution in [0, 0.1) is 0 Å². The zero-order valence-electron chi connectivity index (χ0n) is 19.4. The summed E-state index contributed by atoms with van der Waals surface area (Å²) in [6.45, 7) is 7.86. The molecule has 0 bridgehead atoms. The molecule has 0 radical (unpaired) electrons. The highest BCUT2D eigenvalue weighted by Crippen LogP contribution is 2.30. The predicted molar refractivity (Wildman–Crippen MR) is 135 cm³/mol. The summed E-state index contributed by atoms with van der Waals surface area (Å²) in [5.74, 6) is -0.0304. The van der Waals surface area contributed by atoms with Crippen LogP contribution in [0.25, 0.3) is 26.4 Å². The van der Waals surface area contributed by atoms with Crippen LogP contribution in [-0.2, 0) is 11.4 Å². The molecule has 34 heavy (non-hydrogen) atoms. The third kappa shape index (κ3) is 5.99. The Balaban J connectivity index is 0.00000103. The molecule has 0 aliphatic heterocycles. The number of aliphatic hydroxyl groups excluding tert-OH is 1. The first-order chi connectivity index (χ1) is 16.5. The summed E-state index contributed by atoms with van der Waals surface area (Å²) in [4.78, 5) is 28.9. The van der Waals surface area contributed by atoms with E-state index in [-0.39, 0.29) is 19.0 Å². The molecule has 1 amide bonds. The fourth-order valence-electron chi connectivity index (χ4n) is 3.71. The van der Waals surface area contributed by atoms with Crippen molar-refractivity contribution >= 4 is 38.9 Å². The summed E-state index contributed by atoms with van der Waals surface area (Å²) in [5.41, 5.74) is 4.52. The van der Waals surface area contributed by atoms with E-state index in [0.717, 1.165) is 58.1 Å². The number of hydrogen-bond acceptors (Lipinski definition) is 6. The van der Waals surface area contributed by atoms with Crippen molar-refractivity contribution in [2.24, 2.45) is 0 Å². The first kappa shape index (κ1) is 25.4. The van der Waals surface area contributed by atoms with E-state index in [2.05, 4.69) is 28.5 Å². The van der Waals surface area contributed by atoms with Crippen LogP contribution >= 0.6 is 11.3 Å². The molecule has 9 heteroatoms. The van der Waals surface area contributed by atoms with Crippen molar-refractivity contribution < 1.29 is 19.8 Å². The van der Waals surface area contributed by atoms with Gasteiger partial charge in [0.2, 0.25) is 0 Å². The van der Waals surface area contributed by atoms with E-state index in [1.165, 1.54) is 0 Å². The van der Waals surface area contributed by atoms with Crippen molar-refractivity contribution in [1.82, 2.24) is 19.6 Å². The molecule has 2 aromatic carbocycles. The van der Waals surface area contributed by atoms with Gasteiger partial charge in [0.15, 0.2) is 4.96 Å². The maximum atomic E-state index is 12.6. The summed E-state index contributed by atoms with van der Waals surface area (Å²) < 4.78 is 3.11. The summed E-state index contributed by atoms with van der Waals surface area (Å²) in [6.07, 6.45) is 2.97. The number of aromatic nitrogens is 2. The second-order valence-electron chi connectivity index (χ2n) is 7.66. The molecule has 0 fully saturated rings. The topological polar surface area (TPSA) is 107 Å². The molecule has 2 heterocycles. The van der Waals surface area contributed by atoms with Gasteiger partial charge in [0, 0.05) is 23.9 Å². The van der Waals surface area contributed by atoms with Gasteiger partial charge in [0.05, 0.1) is 22.5 Å². The number of amides is 1. The molecule has 4 aromatic rings. The Hall–Kier alpha value is -3.27. The fraction of sp³-hybridized carbons (Fsp3) is 0.320. The molecule has 0 spiro atoms. The molecule has 0 saturated heterocycles. The van der Waals surface area contributed by atoms with Crippen molar-refractivity contribution in [2.75, 3.05) is 26.2 Å². The van der Waals surface area contributed by atoms with Gasteiger partial charge in [-0.15, -0.1) is 0 Å². The van der Waals surface area contributed by atoms with Gasteiger partial charge in [-0.25, -0.2) is 4.98 Å². The standard InChI is InChI=1S/C24H28N4O2S.CH2O2/c1-3-27(4-2)13-5-12-25-23(30)19-10-11-21-22(14-19)31-24-26-20(15-28(21)24)18-8-6-17(16-29)7-9-18;2-1-3/h6-11,14-15,29H,3-5,12-13,16H2,1-2H3,(H,25,30);1H,(H,2,3). The zero-order valence-corrected chi connectivity index (χ0v) is 20.2. The van der Waals surface area contributed by atoms with Crippen LogP contribution in [0.1, 0.15) is 36.2 Å². The maximum absolute atomic E-state index is 12.6. The average molecular weight is 483 g/mol. The number of imidazole rings is 1. The van der Waals surface area contributed by atoms with E-state index in [4.69, 9.17) is 14.9 Å². The number of carbonyl (C=O) groups excluding carboxylic acids is 1.